The second-order valence-corrected chi connectivity index (χ2v) is 7.73. The molecule has 1 amide bonds. The lowest BCUT2D eigenvalue weighted by Gasteiger charge is -2.32. The van der Waals surface area contributed by atoms with E-state index in [9.17, 15) is 9.90 Å². The van der Waals surface area contributed by atoms with E-state index in [1.165, 1.54) is 0 Å². The number of rotatable bonds is 8. The lowest BCUT2D eigenvalue weighted by Crippen LogP contribution is -2.40. The number of likely N-dealkylation sites (tertiary alicyclic amines) is 1. The summed E-state index contributed by atoms with van der Waals surface area (Å²) in [5, 5.41) is 9.31. The van der Waals surface area contributed by atoms with Gasteiger partial charge in [0.2, 0.25) is 0 Å². The summed E-state index contributed by atoms with van der Waals surface area (Å²) in [6, 6.07) is 13.4. The van der Waals surface area contributed by atoms with E-state index < -0.39 is 0 Å². The molecule has 0 radical (unpaired) electrons. The molecule has 1 aromatic carbocycles. The molecule has 3 rings (SSSR count). The molecule has 2 aromatic rings. The fourth-order valence-corrected chi connectivity index (χ4v) is 3.69. The van der Waals surface area contributed by atoms with Crippen LogP contribution in [0.4, 0.5) is 0 Å². The summed E-state index contributed by atoms with van der Waals surface area (Å²) in [5.74, 6) is 0.529. The van der Waals surface area contributed by atoms with Crippen molar-refractivity contribution in [1.29, 1.82) is 0 Å². The van der Waals surface area contributed by atoms with Gasteiger partial charge in [0.15, 0.2) is 0 Å². The molecule has 6 heteroatoms. The Morgan fingerprint density at radius 3 is 2.59 bits per heavy atom. The number of ether oxygens (including phenoxy) is 1. The number of benzene rings is 1. The Bertz CT molecular complexity index is 774. The number of amides is 1. The quantitative estimate of drug-likeness (QED) is 0.742. The molecule has 1 aromatic heterocycles. The fourth-order valence-electron chi connectivity index (χ4n) is 3.69. The summed E-state index contributed by atoms with van der Waals surface area (Å²) in [6.07, 6.45) is 3.75. The average molecular weight is 398 g/mol. The van der Waals surface area contributed by atoms with Gasteiger partial charge in [-0.25, -0.2) is 0 Å². The largest absolute Gasteiger partial charge is 0.489 e. The highest BCUT2D eigenvalue weighted by Gasteiger charge is 2.25. The van der Waals surface area contributed by atoms with Gasteiger partial charge in [-0.1, -0.05) is 18.2 Å². The zero-order valence-electron chi connectivity index (χ0n) is 17.3. The molecule has 1 saturated heterocycles. The maximum Gasteiger partial charge on any atom is 0.257 e. The van der Waals surface area contributed by atoms with Crippen LogP contribution in [0.3, 0.4) is 0 Å². The van der Waals surface area contributed by atoms with Gasteiger partial charge in [-0.15, -0.1) is 0 Å². The van der Waals surface area contributed by atoms with Crippen molar-refractivity contribution in [2.45, 2.75) is 45.4 Å². The number of aromatic nitrogens is 1. The normalized spacial score (nSPS) is 15.4. The molecule has 0 atom stereocenters. The highest BCUT2D eigenvalue weighted by Crippen LogP contribution is 2.25. The highest BCUT2D eigenvalue weighted by atomic mass is 16.5. The molecule has 1 fully saturated rings. The molecule has 0 bridgehead atoms. The first-order chi connectivity index (χ1) is 14.1. The summed E-state index contributed by atoms with van der Waals surface area (Å²) in [5.41, 5.74) is 1.64. The SMILES string of the molecule is CC(C)N(CCO)C(=O)c1ccccc1OC1CCN(Cc2ccccn2)CC1. The zero-order valence-corrected chi connectivity index (χ0v) is 17.3. The molecule has 0 saturated carbocycles. The zero-order chi connectivity index (χ0) is 20.6. The lowest BCUT2D eigenvalue weighted by molar-refractivity contribution is 0.0646. The van der Waals surface area contributed by atoms with Crippen LogP contribution in [0.25, 0.3) is 0 Å². The molecule has 0 spiro atoms. The number of pyridine rings is 1. The Morgan fingerprint density at radius 1 is 1.21 bits per heavy atom. The minimum atomic E-state index is -0.0998. The van der Waals surface area contributed by atoms with E-state index in [0.717, 1.165) is 38.2 Å². The lowest BCUT2D eigenvalue weighted by atomic mass is 10.1. The second kappa shape index (κ2) is 10.4. The summed E-state index contributed by atoms with van der Waals surface area (Å²) < 4.78 is 6.26. The van der Waals surface area contributed by atoms with Crippen molar-refractivity contribution in [1.82, 2.24) is 14.8 Å². The second-order valence-electron chi connectivity index (χ2n) is 7.73. The number of carbonyl (C=O) groups is 1. The number of aliphatic hydroxyl groups excluding tert-OH is 1. The minimum absolute atomic E-state index is 0.0116. The molecule has 156 valence electrons. The summed E-state index contributed by atoms with van der Waals surface area (Å²) in [6.45, 7) is 6.91. The maximum absolute atomic E-state index is 13.0. The van der Waals surface area contributed by atoms with Gasteiger partial charge in [0, 0.05) is 38.4 Å². The number of para-hydroxylation sites is 1. The van der Waals surface area contributed by atoms with Crippen LogP contribution in [-0.4, -0.2) is 64.2 Å². The first-order valence-corrected chi connectivity index (χ1v) is 10.4. The van der Waals surface area contributed by atoms with Crippen LogP contribution in [0.15, 0.2) is 48.7 Å². The number of hydrogen-bond acceptors (Lipinski definition) is 5. The van der Waals surface area contributed by atoms with Crippen molar-refractivity contribution in [2.24, 2.45) is 0 Å². The highest BCUT2D eigenvalue weighted by molar-refractivity contribution is 5.97. The van der Waals surface area contributed by atoms with Gasteiger partial charge in [-0.3, -0.25) is 14.7 Å². The third-order valence-corrected chi connectivity index (χ3v) is 5.28. The van der Waals surface area contributed by atoms with Crippen LogP contribution in [0.1, 0.15) is 42.7 Å². The van der Waals surface area contributed by atoms with Crippen molar-refractivity contribution < 1.29 is 14.6 Å². The molecule has 0 aliphatic carbocycles. The number of piperidine rings is 1. The van der Waals surface area contributed by atoms with Crippen molar-refractivity contribution in [3.05, 3.63) is 59.9 Å². The van der Waals surface area contributed by atoms with E-state index in [2.05, 4.69) is 16.0 Å². The van der Waals surface area contributed by atoms with Crippen LogP contribution < -0.4 is 4.74 Å². The van der Waals surface area contributed by atoms with E-state index >= 15 is 0 Å². The van der Waals surface area contributed by atoms with Crippen LogP contribution in [0.2, 0.25) is 0 Å². The standard InChI is InChI=1S/C23H31N3O3/c1-18(2)26(15-16-27)23(28)21-8-3-4-9-22(21)29-20-10-13-25(14-11-20)17-19-7-5-6-12-24-19/h3-9,12,18,20,27H,10-11,13-17H2,1-2H3. The average Bonchev–Trinajstić information content (AvgIpc) is 2.74. The maximum atomic E-state index is 13.0. The molecule has 29 heavy (non-hydrogen) atoms. The molecular weight excluding hydrogens is 366 g/mol. The van der Waals surface area contributed by atoms with Crippen LogP contribution in [0, 0.1) is 0 Å². The van der Waals surface area contributed by atoms with Crippen LogP contribution >= 0.6 is 0 Å². The molecule has 0 unspecified atom stereocenters. The topological polar surface area (TPSA) is 65.9 Å². The summed E-state index contributed by atoms with van der Waals surface area (Å²) in [4.78, 5) is 21.5. The Balaban J connectivity index is 1.61. The van der Waals surface area contributed by atoms with Gasteiger partial charge < -0.3 is 14.7 Å². The Hall–Kier alpha value is -2.44. The predicted octanol–water partition coefficient (Wildman–Crippen LogP) is 2.97. The van der Waals surface area contributed by atoms with Gasteiger partial charge in [0.25, 0.3) is 5.91 Å². The van der Waals surface area contributed by atoms with E-state index in [1.54, 1.807) is 11.0 Å². The molecule has 1 aliphatic heterocycles. The molecular formula is C23H31N3O3. The Morgan fingerprint density at radius 2 is 1.93 bits per heavy atom. The van der Waals surface area contributed by atoms with Gasteiger partial charge in [0.1, 0.15) is 11.9 Å². The number of carbonyl (C=O) groups excluding carboxylic acids is 1. The van der Waals surface area contributed by atoms with Gasteiger partial charge in [-0.05, 0) is 51.0 Å². The first kappa shape index (κ1) is 21.3. The molecule has 1 aliphatic rings. The van der Waals surface area contributed by atoms with Crippen molar-refractivity contribution >= 4 is 5.91 Å². The van der Waals surface area contributed by atoms with Gasteiger partial charge in [0.05, 0.1) is 17.9 Å². The van der Waals surface area contributed by atoms with Gasteiger partial charge in [-0.2, -0.15) is 0 Å². The summed E-state index contributed by atoms with van der Waals surface area (Å²) >= 11 is 0. The number of hydrogen-bond donors (Lipinski definition) is 1. The summed E-state index contributed by atoms with van der Waals surface area (Å²) in [7, 11) is 0. The fraction of sp³-hybridized carbons (Fsp3) is 0.478. The number of nitrogens with zero attached hydrogens (tertiary/aromatic N) is 3. The van der Waals surface area contributed by atoms with Crippen LogP contribution in [-0.2, 0) is 6.54 Å². The molecule has 2 heterocycles. The smallest absolute Gasteiger partial charge is 0.257 e. The molecule has 1 N–H and O–H groups in total. The third-order valence-electron chi connectivity index (χ3n) is 5.28. The first-order valence-electron chi connectivity index (χ1n) is 10.4. The predicted molar refractivity (Wildman–Crippen MR) is 113 cm³/mol. The number of aliphatic hydroxyl groups is 1. The Kier molecular flexibility index (Phi) is 7.61. The molecule has 6 nitrogen and oxygen atoms in total. The minimum Gasteiger partial charge on any atom is -0.489 e. The van der Waals surface area contributed by atoms with Gasteiger partial charge >= 0.3 is 0 Å². The third kappa shape index (κ3) is 5.78. The Labute approximate surface area is 173 Å². The van der Waals surface area contributed by atoms with E-state index in [4.69, 9.17) is 4.74 Å². The van der Waals surface area contributed by atoms with Crippen LogP contribution in [0.5, 0.6) is 5.75 Å². The van der Waals surface area contributed by atoms with E-state index in [-0.39, 0.29) is 24.7 Å². The van der Waals surface area contributed by atoms with E-state index in [1.807, 2.05) is 50.4 Å². The van der Waals surface area contributed by atoms with Crippen molar-refractivity contribution in [3.63, 3.8) is 0 Å². The van der Waals surface area contributed by atoms with Crippen molar-refractivity contribution in [3.8, 4) is 5.75 Å². The van der Waals surface area contributed by atoms with Crippen molar-refractivity contribution in [2.75, 3.05) is 26.2 Å². The monoisotopic (exact) mass is 397 g/mol. The van der Waals surface area contributed by atoms with E-state index in [0.29, 0.717) is 17.9 Å².